The zero-order valence-electron chi connectivity index (χ0n) is 14.9. The smallest absolute Gasteiger partial charge is 0.276 e. The molecular formula is C19H20Br2N2O4. The second kappa shape index (κ2) is 10.3. The van der Waals surface area contributed by atoms with Crippen LogP contribution in [0.25, 0.3) is 0 Å². The van der Waals surface area contributed by atoms with Gasteiger partial charge in [-0.2, -0.15) is 0 Å². The maximum Gasteiger partial charge on any atom is 0.276 e. The number of hydrogen-bond donors (Lipinski definition) is 2. The molecule has 0 fully saturated rings. The van der Waals surface area contributed by atoms with E-state index in [1.165, 1.54) is 5.56 Å². The molecular weight excluding hydrogens is 480 g/mol. The summed E-state index contributed by atoms with van der Waals surface area (Å²) in [6.45, 7) is 3.76. The van der Waals surface area contributed by atoms with Crippen LogP contribution in [0.1, 0.15) is 25.3 Å². The maximum atomic E-state index is 11.8. The van der Waals surface area contributed by atoms with Crippen LogP contribution < -0.4 is 20.3 Å². The molecule has 0 spiro atoms. The van der Waals surface area contributed by atoms with Crippen LogP contribution in [0, 0.1) is 0 Å². The number of hydrazine groups is 1. The first-order valence-electron chi connectivity index (χ1n) is 8.23. The van der Waals surface area contributed by atoms with Gasteiger partial charge in [-0.3, -0.25) is 20.4 Å². The van der Waals surface area contributed by atoms with E-state index in [-0.39, 0.29) is 13.2 Å². The molecule has 2 N–H and O–H groups in total. The van der Waals surface area contributed by atoms with Crippen LogP contribution in [0.3, 0.4) is 0 Å². The Kier molecular flexibility index (Phi) is 8.12. The Bertz CT molecular complexity index is 795. The Labute approximate surface area is 174 Å². The molecule has 0 aliphatic heterocycles. The van der Waals surface area contributed by atoms with Crippen LogP contribution in [-0.2, 0) is 9.59 Å². The summed E-state index contributed by atoms with van der Waals surface area (Å²) in [5.41, 5.74) is 5.75. The second-order valence-electron chi connectivity index (χ2n) is 5.97. The van der Waals surface area contributed by atoms with Gasteiger partial charge in [-0.05, 0) is 57.7 Å². The molecule has 6 nitrogen and oxygen atoms in total. The van der Waals surface area contributed by atoms with E-state index < -0.39 is 11.8 Å². The fourth-order valence-electron chi connectivity index (χ4n) is 2.04. The first-order chi connectivity index (χ1) is 12.8. The normalized spacial score (nSPS) is 10.4. The molecule has 8 heteroatoms. The lowest BCUT2D eigenvalue weighted by Crippen LogP contribution is -2.45. The van der Waals surface area contributed by atoms with E-state index in [0.29, 0.717) is 21.9 Å². The topological polar surface area (TPSA) is 76.7 Å². The van der Waals surface area contributed by atoms with Crippen molar-refractivity contribution < 1.29 is 19.1 Å². The lowest BCUT2D eigenvalue weighted by molar-refractivity contribution is -0.131. The number of ether oxygens (including phenoxy) is 2. The Morgan fingerprint density at radius 2 is 1.52 bits per heavy atom. The highest BCUT2D eigenvalue weighted by atomic mass is 79.9. The first kappa shape index (κ1) is 21.2. The molecule has 0 unspecified atom stereocenters. The molecule has 0 heterocycles. The van der Waals surface area contributed by atoms with Crippen LogP contribution in [0.15, 0.2) is 51.4 Å². The maximum absolute atomic E-state index is 11.8. The predicted octanol–water partition coefficient (Wildman–Crippen LogP) is 3.94. The average Bonchev–Trinajstić information content (AvgIpc) is 2.64. The molecule has 2 aromatic carbocycles. The number of hydrogen-bond acceptors (Lipinski definition) is 4. The minimum atomic E-state index is -0.487. The fraction of sp³-hybridized carbons (Fsp3) is 0.263. The van der Waals surface area contributed by atoms with E-state index >= 15 is 0 Å². The van der Waals surface area contributed by atoms with Crippen molar-refractivity contribution in [3.05, 3.63) is 57.0 Å². The van der Waals surface area contributed by atoms with Gasteiger partial charge in [-0.25, -0.2) is 0 Å². The summed E-state index contributed by atoms with van der Waals surface area (Å²) >= 11 is 6.68. The van der Waals surface area contributed by atoms with Gasteiger partial charge >= 0.3 is 0 Å². The number of carbonyl (C=O) groups is 2. The Balaban J connectivity index is 1.69. The minimum Gasteiger partial charge on any atom is -0.484 e. The van der Waals surface area contributed by atoms with Gasteiger partial charge < -0.3 is 9.47 Å². The standard InChI is InChI=1S/C19H20Br2N2O4/c1-12(2)13-3-6-15(7-4-13)26-10-18(24)22-23-19(25)11-27-17-8-5-14(20)9-16(17)21/h3-9,12H,10-11H2,1-2H3,(H,22,24)(H,23,25). The van der Waals surface area contributed by atoms with E-state index in [4.69, 9.17) is 9.47 Å². The number of amides is 2. The van der Waals surface area contributed by atoms with E-state index in [0.717, 1.165) is 4.47 Å². The van der Waals surface area contributed by atoms with E-state index in [9.17, 15) is 9.59 Å². The summed E-state index contributed by atoms with van der Waals surface area (Å²) in [7, 11) is 0. The summed E-state index contributed by atoms with van der Waals surface area (Å²) in [5, 5.41) is 0. The summed E-state index contributed by atoms with van der Waals surface area (Å²) in [6.07, 6.45) is 0. The van der Waals surface area contributed by atoms with Gasteiger partial charge in [0.25, 0.3) is 11.8 Å². The van der Waals surface area contributed by atoms with Gasteiger partial charge in [0.15, 0.2) is 13.2 Å². The highest BCUT2D eigenvalue weighted by Gasteiger charge is 2.08. The van der Waals surface area contributed by atoms with E-state index in [1.807, 2.05) is 24.3 Å². The average molecular weight is 500 g/mol. The third-order valence-corrected chi connectivity index (χ3v) is 4.62. The van der Waals surface area contributed by atoms with Crippen LogP contribution >= 0.6 is 31.9 Å². The van der Waals surface area contributed by atoms with Crippen molar-refractivity contribution >= 4 is 43.7 Å². The SMILES string of the molecule is CC(C)c1ccc(OCC(=O)NNC(=O)COc2ccc(Br)cc2Br)cc1. The van der Waals surface area contributed by atoms with Crippen molar-refractivity contribution in [3.63, 3.8) is 0 Å². The van der Waals surface area contributed by atoms with Crippen LogP contribution in [0.5, 0.6) is 11.5 Å². The van der Waals surface area contributed by atoms with E-state index in [2.05, 4.69) is 56.6 Å². The number of halogens is 2. The van der Waals surface area contributed by atoms with Crippen molar-refractivity contribution in [1.29, 1.82) is 0 Å². The second-order valence-corrected chi connectivity index (χ2v) is 7.74. The molecule has 0 saturated carbocycles. The van der Waals surface area contributed by atoms with Gasteiger partial charge in [0, 0.05) is 4.47 Å². The molecule has 144 valence electrons. The Morgan fingerprint density at radius 3 is 2.07 bits per heavy atom. The van der Waals surface area contributed by atoms with Gasteiger partial charge in [0.2, 0.25) is 0 Å². The third kappa shape index (κ3) is 7.22. The molecule has 2 rings (SSSR count). The van der Waals surface area contributed by atoms with Gasteiger partial charge in [0.1, 0.15) is 11.5 Å². The molecule has 2 amide bonds. The molecule has 0 bridgehead atoms. The molecule has 0 saturated heterocycles. The molecule has 2 aromatic rings. The first-order valence-corrected chi connectivity index (χ1v) is 9.82. The Hall–Kier alpha value is -2.06. The van der Waals surface area contributed by atoms with Crippen molar-refractivity contribution in [2.75, 3.05) is 13.2 Å². The summed E-state index contributed by atoms with van der Waals surface area (Å²) < 4.78 is 12.4. The zero-order chi connectivity index (χ0) is 19.8. The summed E-state index contributed by atoms with van der Waals surface area (Å²) in [4.78, 5) is 23.5. The van der Waals surface area contributed by atoms with Crippen LogP contribution in [0.2, 0.25) is 0 Å². The highest BCUT2D eigenvalue weighted by molar-refractivity contribution is 9.11. The highest BCUT2D eigenvalue weighted by Crippen LogP contribution is 2.28. The molecule has 0 aliphatic carbocycles. The van der Waals surface area contributed by atoms with Crippen LogP contribution in [0.4, 0.5) is 0 Å². The lowest BCUT2D eigenvalue weighted by atomic mass is 10.0. The van der Waals surface area contributed by atoms with Gasteiger partial charge in [-0.1, -0.05) is 41.9 Å². The molecule has 0 radical (unpaired) electrons. The molecule has 0 aliphatic rings. The Morgan fingerprint density at radius 1 is 0.926 bits per heavy atom. The minimum absolute atomic E-state index is 0.208. The van der Waals surface area contributed by atoms with Crippen molar-refractivity contribution in [3.8, 4) is 11.5 Å². The van der Waals surface area contributed by atoms with E-state index in [1.54, 1.807) is 18.2 Å². The third-order valence-electron chi connectivity index (χ3n) is 3.51. The van der Waals surface area contributed by atoms with Crippen molar-refractivity contribution in [2.45, 2.75) is 19.8 Å². The van der Waals surface area contributed by atoms with Gasteiger partial charge in [-0.15, -0.1) is 0 Å². The van der Waals surface area contributed by atoms with Crippen LogP contribution in [-0.4, -0.2) is 25.0 Å². The molecule has 0 atom stereocenters. The lowest BCUT2D eigenvalue weighted by Gasteiger charge is -2.11. The number of nitrogens with one attached hydrogen (secondary N) is 2. The number of rotatable bonds is 7. The number of carbonyl (C=O) groups excluding carboxylic acids is 2. The summed E-state index contributed by atoms with van der Waals surface area (Å²) in [5.74, 6) is 0.579. The largest absolute Gasteiger partial charge is 0.484 e. The zero-order valence-corrected chi connectivity index (χ0v) is 18.1. The predicted molar refractivity (Wildman–Crippen MR) is 110 cm³/mol. The fourth-order valence-corrected chi connectivity index (χ4v) is 3.21. The number of benzene rings is 2. The quantitative estimate of drug-likeness (QED) is 0.565. The molecule has 27 heavy (non-hydrogen) atoms. The van der Waals surface area contributed by atoms with Gasteiger partial charge in [0.05, 0.1) is 4.47 Å². The van der Waals surface area contributed by atoms with Crippen molar-refractivity contribution in [1.82, 2.24) is 10.9 Å². The molecule has 0 aromatic heterocycles. The van der Waals surface area contributed by atoms with Crippen molar-refractivity contribution in [2.24, 2.45) is 0 Å². The summed E-state index contributed by atoms with van der Waals surface area (Å²) in [6, 6.07) is 12.9. The monoisotopic (exact) mass is 498 g/mol.